The summed E-state index contributed by atoms with van der Waals surface area (Å²) in [5, 5.41) is 12.8. The molecule has 0 spiro atoms. The molecule has 6 heteroatoms. The van der Waals surface area contributed by atoms with Gasteiger partial charge in [0.2, 0.25) is 5.91 Å². The lowest BCUT2D eigenvalue weighted by atomic mass is 9.96. The average molecular weight is 314 g/mol. The third-order valence-electron chi connectivity index (χ3n) is 3.59. The van der Waals surface area contributed by atoms with Crippen LogP contribution >= 0.6 is 23.1 Å². The van der Waals surface area contributed by atoms with E-state index in [-0.39, 0.29) is 17.9 Å². The molecule has 2 heterocycles. The molecule has 1 aromatic rings. The first kappa shape index (κ1) is 15.8. The lowest BCUT2D eigenvalue weighted by molar-refractivity contribution is -0.134. The topological polar surface area (TPSA) is 53.4 Å². The maximum absolute atomic E-state index is 12.1. The molecule has 0 saturated carbocycles. The van der Waals surface area contributed by atoms with E-state index in [1.165, 1.54) is 0 Å². The van der Waals surface area contributed by atoms with E-state index in [1.807, 2.05) is 18.7 Å². The van der Waals surface area contributed by atoms with Crippen molar-refractivity contribution in [1.29, 1.82) is 0 Å². The Balaban J connectivity index is 1.65. The average Bonchev–Trinajstić information content (AvgIpc) is 2.83. The molecule has 1 N–H and O–H groups in total. The van der Waals surface area contributed by atoms with Crippen LogP contribution in [-0.2, 0) is 10.5 Å². The van der Waals surface area contributed by atoms with Gasteiger partial charge in [-0.3, -0.25) is 4.79 Å². The van der Waals surface area contributed by atoms with Crippen molar-refractivity contribution in [1.82, 2.24) is 9.88 Å². The van der Waals surface area contributed by atoms with Crippen molar-refractivity contribution in [3.05, 3.63) is 16.1 Å². The zero-order valence-electron chi connectivity index (χ0n) is 12.0. The number of rotatable bonds is 5. The SMILES string of the molecule is Cc1nc(CSCCC(=O)N2CCC(O)C(C)C2)cs1. The monoisotopic (exact) mass is 314 g/mol. The molecule has 4 nitrogen and oxygen atoms in total. The van der Waals surface area contributed by atoms with Crippen LogP contribution in [-0.4, -0.2) is 45.8 Å². The number of aliphatic hydroxyl groups excluding tert-OH is 1. The Hall–Kier alpha value is -0.590. The number of amides is 1. The van der Waals surface area contributed by atoms with E-state index in [9.17, 15) is 9.90 Å². The normalized spacial score (nSPS) is 23.1. The number of aliphatic hydroxyl groups is 1. The molecule has 1 fully saturated rings. The fourth-order valence-corrected chi connectivity index (χ4v) is 3.87. The van der Waals surface area contributed by atoms with Crippen molar-refractivity contribution in [3.63, 3.8) is 0 Å². The van der Waals surface area contributed by atoms with Gasteiger partial charge in [-0.1, -0.05) is 6.92 Å². The molecule has 20 heavy (non-hydrogen) atoms. The van der Waals surface area contributed by atoms with Gasteiger partial charge in [-0.15, -0.1) is 11.3 Å². The van der Waals surface area contributed by atoms with E-state index < -0.39 is 0 Å². The summed E-state index contributed by atoms with van der Waals surface area (Å²) >= 11 is 3.43. The summed E-state index contributed by atoms with van der Waals surface area (Å²) in [4.78, 5) is 18.4. The fourth-order valence-electron chi connectivity index (χ4n) is 2.33. The Morgan fingerprint density at radius 2 is 2.45 bits per heavy atom. The maximum atomic E-state index is 12.1. The molecular weight excluding hydrogens is 292 g/mol. The number of aromatic nitrogens is 1. The van der Waals surface area contributed by atoms with Gasteiger partial charge >= 0.3 is 0 Å². The molecule has 1 saturated heterocycles. The summed E-state index contributed by atoms with van der Waals surface area (Å²) < 4.78 is 0. The molecule has 0 aliphatic carbocycles. The summed E-state index contributed by atoms with van der Waals surface area (Å²) in [6.45, 7) is 5.40. The summed E-state index contributed by atoms with van der Waals surface area (Å²) in [7, 11) is 0. The summed E-state index contributed by atoms with van der Waals surface area (Å²) in [6.07, 6.45) is 1.04. The van der Waals surface area contributed by atoms with Crippen molar-refractivity contribution < 1.29 is 9.90 Å². The molecule has 2 rings (SSSR count). The van der Waals surface area contributed by atoms with Gasteiger partial charge in [0.1, 0.15) is 0 Å². The molecule has 0 radical (unpaired) electrons. The highest BCUT2D eigenvalue weighted by atomic mass is 32.2. The van der Waals surface area contributed by atoms with Crippen LogP contribution < -0.4 is 0 Å². The fraction of sp³-hybridized carbons (Fsp3) is 0.714. The van der Waals surface area contributed by atoms with Crippen molar-refractivity contribution in [2.75, 3.05) is 18.8 Å². The number of thioether (sulfide) groups is 1. The van der Waals surface area contributed by atoms with E-state index in [1.54, 1.807) is 23.1 Å². The summed E-state index contributed by atoms with van der Waals surface area (Å²) in [5.41, 5.74) is 1.11. The first-order valence-corrected chi connectivity index (χ1v) is 9.04. The molecule has 1 aromatic heterocycles. The van der Waals surface area contributed by atoms with Crippen LogP contribution in [0.25, 0.3) is 0 Å². The molecule has 1 aliphatic rings. The number of hydrogen-bond donors (Lipinski definition) is 1. The lowest BCUT2D eigenvalue weighted by Crippen LogP contribution is -2.45. The summed E-state index contributed by atoms with van der Waals surface area (Å²) in [6, 6.07) is 0. The number of thiazole rings is 1. The summed E-state index contributed by atoms with van der Waals surface area (Å²) in [5.74, 6) is 2.12. The molecule has 112 valence electrons. The van der Waals surface area contributed by atoms with Gasteiger partial charge in [-0.05, 0) is 19.3 Å². The van der Waals surface area contributed by atoms with Crippen LogP contribution in [0.4, 0.5) is 0 Å². The van der Waals surface area contributed by atoms with Gasteiger partial charge in [0, 0.05) is 36.4 Å². The molecule has 2 atom stereocenters. The van der Waals surface area contributed by atoms with Crippen LogP contribution in [0.5, 0.6) is 0 Å². The highest BCUT2D eigenvalue weighted by Gasteiger charge is 2.26. The Bertz CT molecular complexity index is 450. The van der Waals surface area contributed by atoms with E-state index in [0.717, 1.165) is 22.2 Å². The second kappa shape index (κ2) is 7.43. The van der Waals surface area contributed by atoms with Gasteiger partial charge in [0.25, 0.3) is 0 Å². The Kier molecular flexibility index (Phi) is 5.86. The predicted octanol–water partition coefficient (Wildman–Crippen LogP) is 2.30. The second-order valence-corrected chi connectivity index (χ2v) is 7.50. The highest BCUT2D eigenvalue weighted by molar-refractivity contribution is 7.98. The Morgan fingerprint density at radius 3 is 3.10 bits per heavy atom. The number of aryl methyl sites for hydroxylation is 1. The zero-order valence-corrected chi connectivity index (χ0v) is 13.7. The highest BCUT2D eigenvalue weighted by Crippen LogP contribution is 2.19. The first-order chi connectivity index (χ1) is 9.56. The van der Waals surface area contributed by atoms with E-state index in [0.29, 0.717) is 25.9 Å². The Labute approximate surface area is 128 Å². The van der Waals surface area contributed by atoms with Crippen LogP contribution in [0, 0.1) is 12.8 Å². The van der Waals surface area contributed by atoms with Crippen molar-refractivity contribution >= 4 is 29.0 Å². The van der Waals surface area contributed by atoms with Crippen LogP contribution in [0.1, 0.15) is 30.5 Å². The number of piperidine rings is 1. The lowest BCUT2D eigenvalue weighted by Gasteiger charge is -2.34. The van der Waals surface area contributed by atoms with Gasteiger partial charge in [0.15, 0.2) is 0 Å². The van der Waals surface area contributed by atoms with Crippen molar-refractivity contribution in [3.8, 4) is 0 Å². The predicted molar refractivity (Wildman–Crippen MR) is 84.0 cm³/mol. The molecule has 0 aromatic carbocycles. The number of hydrogen-bond acceptors (Lipinski definition) is 5. The largest absolute Gasteiger partial charge is 0.393 e. The van der Waals surface area contributed by atoms with Crippen LogP contribution in [0.3, 0.4) is 0 Å². The van der Waals surface area contributed by atoms with Crippen LogP contribution in [0.15, 0.2) is 5.38 Å². The third kappa shape index (κ3) is 4.46. The second-order valence-electron chi connectivity index (χ2n) is 5.33. The van der Waals surface area contributed by atoms with E-state index >= 15 is 0 Å². The van der Waals surface area contributed by atoms with E-state index in [2.05, 4.69) is 10.4 Å². The van der Waals surface area contributed by atoms with Crippen molar-refractivity contribution in [2.24, 2.45) is 5.92 Å². The molecular formula is C14H22N2O2S2. The smallest absolute Gasteiger partial charge is 0.223 e. The minimum Gasteiger partial charge on any atom is -0.393 e. The van der Waals surface area contributed by atoms with Gasteiger partial charge in [-0.2, -0.15) is 11.8 Å². The first-order valence-electron chi connectivity index (χ1n) is 7.01. The maximum Gasteiger partial charge on any atom is 0.223 e. The number of nitrogens with zero attached hydrogens (tertiary/aromatic N) is 2. The molecule has 1 aliphatic heterocycles. The zero-order chi connectivity index (χ0) is 14.5. The molecule has 1 amide bonds. The van der Waals surface area contributed by atoms with Gasteiger partial charge in [-0.25, -0.2) is 4.98 Å². The quantitative estimate of drug-likeness (QED) is 0.847. The Morgan fingerprint density at radius 1 is 1.65 bits per heavy atom. The minimum atomic E-state index is -0.249. The van der Waals surface area contributed by atoms with Crippen molar-refractivity contribution in [2.45, 2.75) is 38.5 Å². The van der Waals surface area contributed by atoms with E-state index in [4.69, 9.17) is 0 Å². The molecule has 0 bridgehead atoms. The van der Waals surface area contributed by atoms with Gasteiger partial charge in [0.05, 0.1) is 16.8 Å². The molecule has 2 unspecified atom stereocenters. The third-order valence-corrected chi connectivity index (χ3v) is 5.40. The number of carbonyl (C=O) groups is 1. The number of likely N-dealkylation sites (tertiary alicyclic amines) is 1. The number of carbonyl (C=O) groups excluding carboxylic acids is 1. The standard InChI is InChI=1S/C14H22N2O2S2/c1-10-7-16(5-3-13(10)17)14(18)4-6-19-8-12-9-20-11(2)15-12/h9-10,13,17H,3-8H2,1-2H3. The van der Waals surface area contributed by atoms with Gasteiger partial charge < -0.3 is 10.0 Å². The van der Waals surface area contributed by atoms with Crippen LogP contribution in [0.2, 0.25) is 0 Å². The minimum absolute atomic E-state index is 0.193.